The number of thiazole rings is 1. The Balaban J connectivity index is 1.68. The van der Waals surface area contributed by atoms with Gasteiger partial charge in [-0.15, -0.1) is 0 Å². The van der Waals surface area contributed by atoms with E-state index in [0.29, 0.717) is 27.5 Å². The van der Waals surface area contributed by atoms with Crippen LogP contribution in [0.4, 0.5) is 5.69 Å². The standard InChI is InChI=1S/C30H28N4O6S2/c1-5-39-28(38)23-17(4)31-30-34(24(23)19-13-9-10-14-21(19)40-16(2)3)27(37)22(42-30)15-20-25(35)32-29(41)33(26(20)36)18-11-7-6-8-12-18/h6-16,20,24H,5H2,1-4H3,(H,32,35,41)/b22-15+/t20-,24-/m0/s1. The molecule has 1 N–H and O–H groups in total. The van der Waals surface area contributed by atoms with Crippen LogP contribution in [0.3, 0.4) is 0 Å². The molecule has 2 amide bonds. The van der Waals surface area contributed by atoms with Gasteiger partial charge in [-0.1, -0.05) is 47.7 Å². The number of nitrogens with one attached hydrogen (secondary N) is 1. The molecule has 2 atom stereocenters. The van der Waals surface area contributed by atoms with Crippen LogP contribution < -0.4 is 29.8 Å². The van der Waals surface area contributed by atoms with Gasteiger partial charge in [-0.25, -0.2) is 9.79 Å². The summed E-state index contributed by atoms with van der Waals surface area (Å²) in [6.07, 6.45) is 1.16. The smallest absolute Gasteiger partial charge is 0.338 e. The zero-order valence-corrected chi connectivity index (χ0v) is 25.0. The molecular formula is C30H28N4O6S2. The Morgan fingerprint density at radius 3 is 2.50 bits per heavy atom. The molecule has 2 aromatic carbocycles. The maximum atomic E-state index is 14.1. The third-order valence-corrected chi connectivity index (χ3v) is 7.91. The number of amides is 2. The van der Waals surface area contributed by atoms with E-state index < -0.39 is 35.3 Å². The van der Waals surface area contributed by atoms with Gasteiger partial charge in [-0.3, -0.25) is 23.9 Å². The number of thiocarbonyl (C=S) groups is 1. The van der Waals surface area contributed by atoms with Crippen molar-refractivity contribution in [3.8, 4) is 5.75 Å². The van der Waals surface area contributed by atoms with Crippen molar-refractivity contribution in [1.29, 1.82) is 0 Å². The Morgan fingerprint density at radius 2 is 1.81 bits per heavy atom. The van der Waals surface area contributed by atoms with E-state index in [2.05, 4.69) is 10.3 Å². The summed E-state index contributed by atoms with van der Waals surface area (Å²) in [4.78, 5) is 59.9. The second-order valence-electron chi connectivity index (χ2n) is 9.81. The van der Waals surface area contributed by atoms with Crippen LogP contribution in [0.1, 0.15) is 39.3 Å². The number of nitrogens with zero attached hydrogens (tertiary/aromatic N) is 3. The second-order valence-corrected chi connectivity index (χ2v) is 11.2. The Bertz CT molecular complexity index is 1810. The Kier molecular flexibility index (Phi) is 8.19. The number of fused-ring (bicyclic) bond motifs is 1. The molecule has 0 bridgehead atoms. The summed E-state index contributed by atoms with van der Waals surface area (Å²) < 4.78 is 12.9. The van der Waals surface area contributed by atoms with Gasteiger partial charge in [0, 0.05) is 5.56 Å². The first-order valence-corrected chi connectivity index (χ1v) is 14.5. The number of benzene rings is 2. The minimum absolute atomic E-state index is 0.0428. The quantitative estimate of drug-likeness (QED) is 0.250. The topological polar surface area (TPSA) is 119 Å². The fraction of sp³-hybridized carbons (Fsp3) is 0.267. The average molecular weight is 605 g/mol. The Labute approximate surface area is 250 Å². The van der Waals surface area contributed by atoms with Gasteiger partial charge in [0.2, 0.25) is 11.8 Å². The van der Waals surface area contributed by atoms with Crippen molar-refractivity contribution in [2.45, 2.75) is 39.8 Å². The number of carbonyl (C=O) groups is 3. The number of anilines is 1. The van der Waals surface area contributed by atoms with E-state index in [-0.39, 0.29) is 27.9 Å². The van der Waals surface area contributed by atoms with E-state index in [1.54, 1.807) is 62.4 Å². The maximum absolute atomic E-state index is 14.1. The maximum Gasteiger partial charge on any atom is 0.338 e. The molecule has 0 saturated carbocycles. The van der Waals surface area contributed by atoms with Gasteiger partial charge in [0.15, 0.2) is 9.91 Å². The third-order valence-electron chi connectivity index (χ3n) is 6.63. The van der Waals surface area contributed by atoms with E-state index in [0.717, 1.165) is 11.3 Å². The highest BCUT2D eigenvalue weighted by molar-refractivity contribution is 7.80. The number of carbonyl (C=O) groups excluding carboxylic acids is 3. The number of allylic oxidation sites excluding steroid dienone is 1. The van der Waals surface area contributed by atoms with E-state index in [9.17, 15) is 19.2 Å². The summed E-state index contributed by atoms with van der Waals surface area (Å²) in [5.41, 5.74) is 1.13. The lowest BCUT2D eigenvalue weighted by atomic mass is 9.95. The van der Waals surface area contributed by atoms with Crippen LogP contribution in [0.5, 0.6) is 5.75 Å². The van der Waals surface area contributed by atoms with Gasteiger partial charge in [0.25, 0.3) is 5.56 Å². The zero-order valence-electron chi connectivity index (χ0n) is 23.3. The number of ether oxygens (including phenoxy) is 2. The van der Waals surface area contributed by atoms with Crippen molar-refractivity contribution in [3.05, 3.63) is 91.1 Å². The molecule has 1 aromatic heterocycles. The molecule has 10 nitrogen and oxygen atoms in total. The minimum Gasteiger partial charge on any atom is -0.491 e. The van der Waals surface area contributed by atoms with Crippen molar-refractivity contribution in [2.24, 2.45) is 10.9 Å². The van der Waals surface area contributed by atoms with Crippen LogP contribution in [-0.4, -0.2) is 40.2 Å². The van der Waals surface area contributed by atoms with Crippen LogP contribution >= 0.6 is 23.6 Å². The van der Waals surface area contributed by atoms with Crippen molar-refractivity contribution < 1.29 is 23.9 Å². The second kappa shape index (κ2) is 11.8. The van der Waals surface area contributed by atoms with Gasteiger partial charge < -0.3 is 14.8 Å². The first kappa shape index (κ1) is 29.1. The van der Waals surface area contributed by atoms with Crippen molar-refractivity contribution in [1.82, 2.24) is 9.88 Å². The van der Waals surface area contributed by atoms with Crippen LogP contribution in [-0.2, 0) is 19.1 Å². The van der Waals surface area contributed by atoms with Crippen LogP contribution in [0.2, 0.25) is 0 Å². The molecule has 2 aliphatic heterocycles. The fourth-order valence-electron chi connectivity index (χ4n) is 4.88. The van der Waals surface area contributed by atoms with Crippen LogP contribution in [0.15, 0.2) is 75.7 Å². The summed E-state index contributed by atoms with van der Waals surface area (Å²) in [6.45, 7) is 7.28. The molecule has 2 aliphatic rings. The molecule has 1 saturated heterocycles. The monoisotopic (exact) mass is 604 g/mol. The molecule has 12 heteroatoms. The predicted octanol–water partition coefficient (Wildman–Crippen LogP) is 2.60. The average Bonchev–Trinajstić information content (AvgIpc) is 3.25. The van der Waals surface area contributed by atoms with Crippen LogP contribution in [0.25, 0.3) is 6.08 Å². The number of aromatic nitrogens is 1. The molecule has 0 radical (unpaired) electrons. The zero-order chi connectivity index (χ0) is 30.1. The van der Waals surface area contributed by atoms with Gasteiger partial charge in [0.1, 0.15) is 17.7 Å². The number of hydrogen-bond acceptors (Lipinski definition) is 9. The molecular weight excluding hydrogens is 576 g/mol. The lowest BCUT2D eigenvalue weighted by Gasteiger charge is -2.31. The molecule has 3 aromatic rings. The summed E-state index contributed by atoms with van der Waals surface area (Å²) >= 11 is 6.30. The molecule has 5 rings (SSSR count). The highest BCUT2D eigenvalue weighted by atomic mass is 32.1. The largest absolute Gasteiger partial charge is 0.491 e. The van der Waals surface area contributed by atoms with Crippen molar-refractivity contribution in [2.75, 3.05) is 11.5 Å². The summed E-state index contributed by atoms with van der Waals surface area (Å²) in [6, 6.07) is 14.9. The molecule has 42 heavy (non-hydrogen) atoms. The first-order valence-electron chi connectivity index (χ1n) is 13.3. The third kappa shape index (κ3) is 5.30. The van der Waals surface area contributed by atoms with E-state index in [1.165, 1.54) is 15.5 Å². The predicted molar refractivity (Wildman–Crippen MR) is 162 cm³/mol. The van der Waals surface area contributed by atoms with Gasteiger partial charge in [-0.05, 0) is 64.2 Å². The summed E-state index contributed by atoms with van der Waals surface area (Å²) in [7, 11) is 0. The number of rotatable bonds is 7. The van der Waals surface area contributed by atoms with Gasteiger partial charge in [-0.2, -0.15) is 0 Å². The highest BCUT2D eigenvalue weighted by Gasteiger charge is 2.39. The van der Waals surface area contributed by atoms with Crippen molar-refractivity contribution in [3.63, 3.8) is 0 Å². The lowest BCUT2D eigenvalue weighted by Crippen LogP contribution is -2.58. The molecule has 1 fully saturated rings. The summed E-state index contributed by atoms with van der Waals surface area (Å²) in [5, 5.41) is 2.52. The fourth-order valence-corrected chi connectivity index (χ4v) is 6.23. The number of esters is 1. The van der Waals surface area contributed by atoms with E-state index >= 15 is 0 Å². The minimum atomic E-state index is -1.32. The lowest BCUT2D eigenvalue weighted by molar-refractivity contribution is -0.139. The SMILES string of the molecule is CCOC(=O)C1=C(C)N=c2s/c(=C/[C@H]3C(=O)NC(=S)N(c4ccccc4)C3=O)c(=O)n2[C@H]1c1ccccc1OC(C)C. The van der Waals surface area contributed by atoms with Gasteiger partial charge >= 0.3 is 5.97 Å². The number of para-hydroxylation sites is 2. The molecule has 0 aliphatic carbocycles. The Hall–Kier alpha value is -4.42. The van der Waals surface area contributed by atoms with Crippen LogP contribution in [0, 0.1) is 5.92 Å². The first-order chi connectivity index (χ1) is 20.1. The van der Waals surface area contributed by atoms with Crippen molar-refractivity contribution >= 4 is 58.2 Å². The molecule has 3 heterocycles. The number of hydrogen-bond donors (Lipinski definition) is 1. The van der Waals surface area contributed by atoms with E-state index in [1.807, 2.05) is 19.9 Å². The van der Waals surface area contributed by atoms with Gasteiger partial charge in [0.05, 0.1) is 34.2 Å². The highest BCUT2D eigenvalue weighted by Crippen LogP contribution is 2.36. The molecule has 216 valence electrons. The normalized spacial score (nSPS) is 19.0. The Morgan fingerprint density at radius 1 is 1.12 bits per heavy atom. The molecule has 0 unspecified atom stereocenters. The summed E-state index contributed by atoms with van der Waals surface area (Å²) in [5.74, 6) is -2.65. The van der Waals surface area contributed by atoms with E-state index in [4.69, 9.17) is 21.7 Å². The molecule has 0 spiro atoms.